The van der Waals surface area contributed by atoms with E-state index >= 15 is 0 Å². The molecule has 196 valence electrons. The molecule has 0 aliphatic rings. The van der Waals surface area contributed by atoms with E-state index in [0.717, 1.165) is 65.2 Å². The third kappa shape index (κ3) is 8.35. The molecule has 0 unspecified atom stereocenters. The molecule has 0 atom stereocenters. The second-order valence-corrected chi connectivity index (χ2v) is 9.57. The van der Waals surface area contributed by atoms with Crippen LogP contribution in [-0.2, 0) is 16.0 Å². The van der Waals surface area contributed by atoms with Crippen LogP contribution in [0.3, 0.4) is 0 Å². The number of azo groups is 1. The number of quaternary nitrogens is 2. The van der Waals surface area contributed by atoms with Crippen molar-refractivity contribution in [3.05, 3.63) is 54.1 Å². The van der Waals surface area contributed by atoms with Crippen molar-refractivity contribution in [3.8, 4) is 0 Å². The fourth-order valence-electron chi connectivity index (χ4n) is 4.58. The van der Waals surface area contributed by atoms with Crippen LogP contribution < -0.4 is 5.32 Å². The maximum Gasteiger partial charge on any atom is 0.279 e. The summed E-state index contributed by atoms with van der Waals surface area (Å²) in [4.78, 5) is 25.1. The third-order valence-electron chi connectivity index (χ3n) is 7.79. The van der Waals surface area contributed by atoms with Gasteiger partial charge in [0.1, 0.15) is 6.54 Å². The fourth-order valence-corrected chi connectivity index (χ4v) is 4.58. The first-order valence-electron chi connectivity index (χ1n) is 13.4. The van der Waals surface area contributed by atoms with E-state index in [-0.39, 0.29) is 11.7 Å². The summed E-state index contributed by atoms with van der Waals surface area (Å²) in [6, 6.07) is 15.1. The molecule has 0 aromatic heterocycles. The number of rotatable bonds is 15. The Labute approximate surface area is 217 Å². The number of benzene rings is 2. The zero-order chi connectivity index (χ0) is 26.6. The summed E-state index contributed by atoms with van der Waals surface area (Å²) in [6.45, 7) is 19.6. The number of anilines is 1. The summed E-state index contributed by atoms with van der Waals surface area (Å²) in [5.41, 5.74) is 3.20. The lowest BCUT2D eigenvalue weighted by Crippen LogP contribution is -2.51. The van der Waals surface area contributed by atoms with E-state index in [1.54, 1.807) is 0 Å². The van der Waals surface area contributed by atoms with Gasteiger partial charge in [0, 0.05) is 12.1 Å². The number of carbonyl (C=O) groups is 2. The molecule has 0 fully saturated rings. The summed E-state index contributed by atoms with van der Waals surface area (Å²) in [7, 11) is 0. The van der Waals surface area contributed by atoms with E-state index in [4.69, 9.17) is 0 Å². The van der Waals surface area contributed by atoms with Gasteiger partial charge in [0.15, 0.2) is 12.3 Å². The molecule has 0 aliphatic carbocycles. The predicted octanol–water partition coefficient (Wildman–Crippen LogP) is 5.91. The highest BCUT2D eigenvalue weighted by Gasteiger charge is 2.25. The van der Waals surface area contributed by atoms with Gasteiger partial charge in [0.2, 0.25) is 0 Å². The lowest BCUT2D eigenvalue weighted by atomic mass is 10.1. The van der Waals surface area contributed by atoms with Crippen LogP contribution in [0.25, 0.3) is 0 Å². The Morgan fingerprint density at radius 2 is 1.06 bits per heavy atom. The molecule has 36 heavy (non-hydrogen) atoms. The quantitative estimate of drug-likeness (QED) is 0.247. The van der Waals surface area contributed by atoms with Crippen molar-refractivity contribution in [2.45, 2.75) is 48.0 Å². The molecule has 0 aliphatic heterocycles. The Hall–Kier alpha value is -2.90. The van der Waals surface area contributed by atoms with Crippen molar-refractivity contribution < 1.29 is 18.6 Å². The fraction of sp³-hybridized carbons (Fsp3) is 0.517. The molecule has 0 saturated carbocycles. The molecular weight excluding hydrogens is 450 g/mol. The zero-order valence-corrected chi connectivity index (χ0v) is 23.1. The highest BCUT2D eigenvalue weighted by molar-refractivity contribution is 5.91. The second kappa shape index (κ2) is 14.0. The standard InChI is InChI=1S/C29H44N5O2/c1-7-33(8-2,9-3)22-28(35)21-24-13-15-26(16-14-24)31-32-27-19-17-25(18-20-27)30-29(36)23-34(10-4,11-5)12-6/h13-20H,7-12,21-23H2,1-6H3/q+1/p+1. The van der Waals surface area contributed by atoms with Gasteiger partial charge in [-0.2, -0.15) is 10.2 Å². The van der Waals surface area contributed by atoms with Gasteiger partial charge in [-0.3, -0.25) is 9.59 Å². The minimum absolute atomic E-state index is 0.0252. The number of hydrogen-bond donors (Lipinski definition) is 1. The number of Topliss-reactive ketones (excluding diaryl/α,β-unsaturated/α-hetero) is 1. The lowest BCUT2D eigenvalue weighted by molar-refractivity contribution is -0.915. The maximum absolute atomic E-state index is 12.6. The Balaban J connectivity index is 1.92. The molecule has 0 spiro atoms. The minimum Gasteiger partial charge on any atom is -0.321 e. The van der Waals surface area contributed by atoms with Gasteiger partial charge in [-0.15, -0.1) is 0 Å². The van der Waals surface area contributed by atoms with E-state index < -0.39 is 0 Å². The molecule has 0 saturated heterocycles. The van der Waals surface area contributed by atoms with Gasteiger partial charge in [-0.1, -0.05) is 12.1 Å². The smallest absolute Gasteiger partial charge is 0.279 e. The van der Waals surface area contributed by atoms with Crippen LogP contribution >= 0.6 is 0 Å². The van der Waals surface area contributed by atoms with Crippen molar-refractivity contribution >= 4 is 28.8 Å². The molecule has 0 heterocycles. The summed E-state index contributed by atoms with van der Waals surface area (Å²) in [6.07, 6.45) is 0.444. The first-order valence-corrected chi connectivity index (χ1v) is 13.4. The average Bonchev–Trinajstić information content (AvgIpc) is 2.91. The maximum atomic E-state index is 12.6. The molecule has 1 N–H and O–H groups in total. The van der Waals surface area contributed by atoms with E-state index in [1.807, 2.05) is 48.5 Å². The summed E-state index contributed by atoms with van der Waals surface area (Å²) in [5.74, 6) is 0.294. The SMILES string of the molecule is CC[N+](CC)(CC)CC(=O)Cc1ccc(N=Nc2ccc(NC(=O)C[N+](CC)(CC)CC)cc2)cc1. The Morgan fingerprint density at radius 1 is 0.639 bits per heavy atom. The molecule has 0 radical (unpaired) electrons. The van der Waals surface area contributed by atoms with Crippen molar-refractivity contribution in [3.63, 3.8) is 0 Å². The third-order valence-corrected chi connectivity index (χ3v) is 7.79. The highest BCUT2D eigenvalue weighted by atomic mass is 16.2. The van der Waals surface area contributed by atoms with Crippen LogP contribution in [0.4, 0.5) is 17.1 Å². The first kappa shape index (κ1) is 29.3. The number of amides is 1. The number of likely N-dealkylation sites (N-methyl/N-ethyl adjacent to an activating group) is 2. The van der Waals surface area contributed by atoms with Crippen LogP contribution in [0.5, 0.6) is 0 Å². The summed E-state index contributed by atoms with van der Waals surface area (Å²) >= 11 is 0. The number of hydrogen-bond acceptors (Lipinski definition) is 4. The van der Waals surface area contributed by atoms with Crippen LogP contribution in [0, 0.1) is 0 Å². The van der Waals surface area contributed by atoms with Gasteiger partial charge in [-0.25, -0.2) is 0 Å². The van der Waals surface area contributed by atoms with Gasteiger partial charge < -0.3 is 14.3 Å². The monoisotopic (exact) mass is 495 g/mol. The van der Waals surface area contributed by atoms with Crippen LogP contribution in [0.15, 0.2) is 58.8 Å². The van der Waals surface area contributed by atoms with Crippen molar-refractivity contribution in [1.29, 1.82) is 0 Å². The normalized spacial score (nSPS) is 12.2. The van der Waals surface area contributed by atoms with Crippen molar-refractivity contribution in [1.82, 2.24) is 0 Å². The Kier molecular flexibility index (Phi) is 11.4. The van der Waals surface area contributed by atoms with E-state index in [0.29, 0.717) is 25.2 Å². The van der Waals surface area contributed by atoms with Crippen molar-refractivity contribution in [2.24, 2.45) is 10.2 Å². The molecule has 2 aromatic rings. The Bertz CT molecular complexity index is 893. The summed E-state index contributed by atoms with van der Waals surface area (Å²) < 4.78 is 1.62. The minimum atomic E-state index is 0.0252. The van der Waals surface area contributed by atoms with E-state index in [1.165, 1.54) is 0 Å². The number of ketones is 1. The van der Waals surface area contributed by atoms with Gasteiger partial charge in [0.05, 0.1) is 50.6 Å². The van der Waals surface area contributed by atoms with E-state index in [9.17, 15) is 9.59 Å². The van der Waals surface area contributed by atoms with E-state index in [2.05, 4.69) is 57.1 Å². The Morgan fingerprint density at radius 3 is 1.50 bits per heavy atom. The molecule has 2 rings (SSSR count). The second-order valence-electron chi connectivity index (χ2n) is 9.57. The zero-order valence-electron chi connectivity index (χ0n) is 23.1. The molecule has 0 bridgehead atoms. The van der Waals surface area contributed by atoms with Crippen LogP contribution in [0.2, 0.25) is 0 Å². The number of nitrogens with one attached hydrogen (secondary N) is 1. The molecule has 7 heteroatoms. The van der Waals surface area contributed by atoms with Gasteiger partial charge in [-0.05, 0) is 83.5 Å². The predicted molar refractivity (Wildman–Crippen MR) is 148 cm³/mol. The van der Waals surface area contributed by atoms with Gasteiger partial charge >= 0.3 is 0 Å². The number of nitrogens with zero attached hydrogens (tertiary/aromatic N) is 4. The average molecular weight is 496 g/mol. The molecular formula is C29H45N5O2+2. The molecule has 1 amide bonds. The molecule has 7 nitrogen and oxygen atoms in total. The number of carbonyl (C=O) groups excluding carboxylic acids is 2. The highest BCUT2D eigenvalue weighted by Crippen LogP contribution is 2.21. The van der Waals surface area contributed by atoms with Crippen LogP contribution in [-0.4, -0.2) is 73.0 Å². The summed E-state index contributed by atoms with van der Waals surface area (Å²) in [5, 5.41) is 11.6. The largest absolute Gasteiger partial charge is 0.321 e. The van der Waals surface area contributed by atoms with Gasteiger partial charge in [0.25, 0.3) is 5.91 Å². The molecule has 2 aromatic carbocycles. The lowest BCUT2D eigenvalue weighted by Gasteiger charge is -2.35. The first-order chi connectivity index (χ1) is 17.3. The van der Waals surface area contributed by atoms with Crippen LogP contribution in [0.1, 0.15) is 47.1 Å². The topological polar surface area (TPSA) is 70.9 Å². The van der Waals surface area contributed by atoms with Crippen molar-refractivity contribution in [2.75, 3.05) is 57.7 Å².